The topological polar surface area (TPSA) is 71.6 Å². The standard InChI is InChI=1S/C16H23N5O2/c1-3-19-8-4-6-13(19)10-17-15(22)12(2)21-16(23)14-7-5-9-20(14)11-18-21/h5,7,9,11-13H,3-4,6,8,10H2,1-2H3,(H,17,22). The second-order valence-electron chi connectivity index (χ2n) is 6.03. The molecule has 1 N–H and O–H groups in total. The summed E-state index contributed by atoms with van der Waals surface area (Å²) >= 11 is 0. The molecular weight excluding hydrogens is 294 g/mol. The van der Waals surface area contributed by atoms with Crippen molar-refractivity contribution in [2.24, 2.45) is 0 Å². The highest BCUT2D eigenvalue weighted by Crippen LogP contribution is 2.15. The number of amides is 1. The SMILES string of the molecule is CCN1CCCC1CNC(=O)C(C)n1ncn2cccc2c1=O. The Balaban J connectivity index is 1.69. The summed E-state index contributed by atoms with van der Waals surface area (Å²) in [4.78, 5) is 27.1. The fourth-order valence-electron chi connectivity index (χ4n) is 3.25. The molecule has 124 valence electrons. The minimum atomic E-state index is -0.626. The number of hydrogen-bond acceptors (Lipinski definition) is 4. The van der Waals surface area contributed by atoms with E-state index in [4.69, 9.17) is 0 Å². The van der Waals surface area contributed by atoms with Crippen molar-refractivity contribution in [3.63, 3.8) is 0 Å². The zero-order valence-corrected chi connectivity index (χ0v) is 13.6. The molecule has 2 unspecified atom stereocenters. The van der Waals surface area contributed by atoms with Crippen LogP contribution in [0.25, 0.3) is 5.52 Å². The molecule has 3 heterocycles. The molecule has 1 saturated heterocycles. The number of hydrogen-bond donors (Lipinski definition) is 1. The molecule has 2 aromatic rings. The van der Waals surface area contributed by atoms with Gasteiger partial charge in [-0.2, -0.15) is 5.10 Å². The van der Waals surface area contributed by atoms with Crippen LogP contribution in [0.2, 0.25) is 0 Å². The van der Waals surface area contributed by atoms with Gasteiger partial charge in [-0.25, -0.2) is 4.68 Å². The average Bonchev–Trinajstić information content (AvgIpc) is 3.21. The van der Waals surface area contributed by atoms with Gasteiger partial charge in [0.15, 0.2) is 0 Å². The molecular formula is C16H23N5O2. The summed E-state index contributed by atoms with van der Waals surface area (Å²) in [5.74, 6) is -0.168. The Kier molecular flexibility index (Phi) is 4.47. The third-order valence-electron chi connectivity index (χ3n) is 4.67. The highest BCUT2D eigenvalue weighted by atomic mass is 16.2. The molecule has 0 bridgehead atoms. The number of carbonyl (C=O) groups is 1. The maximum Gasteiger partial charge on any atom is 0.291 e. The van der Waals surface area contributed by atoms with E-state index in [1.807, 2.05) is 0 Å². The maximum atomic E-state index is 12.4. The van der Waals surface area contributed by atoms with Crippen molar-refractivity contribution >= 4 is 11.4 Å². The van der Waals surface area contributed by atoms with Crippen LogP contribution in [0.15, 0.2) is 29.5 Å². The molecule has 0 aromatic carbocycles. The normalized spacial score (nSPS) is 20.0. The van der Waals surface area contributed by atoms with Crippen LogP contribution in [0.1, 0.15) is 32.7 Å². The van der Waals surface area contributed by atoms with Crippen molar-refractivity contribution in [2.45, 2.75) is 38.8 Å². The molecule has 0 radical (unpaired) electrons. The quantitative estimate of drug-likeness (QED) is 0.879. The van der Waals surface area contributed by atoms with Crippen molar-refractivity contribution in [3.05, 3.63) is 35.0 Å². The van der Waals surface area contributed by atoms with Gasteiger partial charge in [0.05, 0.1) is 0 Å². The van der Waals surface area contributed by atoms with Crippen LogP contribution in [-0.2, 0) is 4.79 Å². The molecule has 3 rings (SSSR count). The van der Waals surface area contributed by atoms with Gasteiger partial charge >= 0.3 is 0 Å². The monoisotopic (exact) mass is 317 g/mol. The van der Waals surface area contributed by atoms with Gasteiger partial charge in [-0.05, 0) is 45.0 Å². The number of nitrogens with one attached hydrogen (secondary N) is 1. The van der Waals surface area contributed by atoms with E-state index in [-0.39, 0.29) is 11.5 Å². The summed E-state index contributed by atoms with van der Waals surface area (Å²) in [7, 11) is 0. The molecule has 0 spiro atoms. The van der Waals surface area contributed by atoms with Crippen molar-refractivity contribution < 1.29 is 4.79 Å². The molecule has 23 heavy (non-hydrogen) atoms. The minimum Gasteiger partial charge on any atom is -0.353 e. The maximum absolute atomic E-state index is 12.4. The highest BCUT2D eigenvalue weighted by molar-refractivity contribution is 5.79. The lowest BCUT2D eigenvalue weighted by Crippen LogP contribution is -2.43. The predicted octanol–water partition coefficient (Wildman–Crippen LogP) is 0.657. The number of carbonyl (C=O) groups excluding carboxylic acids is 1. The lowest BCUT2D eigenvalue weighted by Gasteiger charge is -2.23. The molecule has 1 fully saturated rings. The van der Waals surface area contributed by atoms with Crippen LogP contribution in [0.4, 0.5) is 0 Å². The number of likely N-dealkylation sites (tertiary alicyclic amines) is 1. The Hall–Kier alpha value is -2.15. The van der Waals surface area contributed by atoms with E-state index in [1.165, 1.54) is 11.1 Å². The van der Waals surface area contributed by atoms with Gasteiger partial charge in [0.1, 0.15) is 17.9 Å². The van der Waals surface area contributed by atoms with Gasteiger partial charge in [0.2, 0.25) is 5.91 Å². The highest BCUT2D eigenvalue weighted by Gasteiger charge is 2.25. The smallest absolute Gasteiger partial charge is 0.291 e. The second kappa shape index (κ2) is 6.54. The number of nitrogens with zero attached hydrogens (tertiary/aromatic N) is 4. The molecule has 1 amide bonds. The Morgan fingerprint density at radius 2 is 2.35 bits per heavy atom. The first-order valence-corrected chi connectivity index (χ1v) is 8.18. The summed E-state index contributed by atoms with van der Waals surface area (Å²) in [5.41, 5.74) is 0.267. The van der Waals surface area contributed by atoms with E-state index in [9.17, 15) is 9.59 Å². The van der Waals surface area contributed by atoms with Crippen molar-refractivity contribution in [1.82, 2.24) is 24.4 Å². The summed E-state index contributed by atoms with van der Waals surface area (Å²) in [6.45, 7) is 6.56. The summed E-state index contributed by atoms with van der Waals surface area (Å²) < 4.78 is 2.90. The van der Waals surface area contributed by atoms with E-state index in [0.29, 0.717) is 18.1 Å². The first-order chi connectivity index (χ1) is 11.1. The van der Waals surface area contributed by atoms with Crippen LogP contribution in [0, 0.1) is 0 Å². The molecule has 7 nitrogen and oxygen atoms in total. The summed E-state index contributed by atoms with van der Waals surface area (Å²) in [6, 6.07) is 3.28. The molecule has 1 aliphatic heterocycles. The van der Waals surface area contributed by atoms with Gasteiger partial charge in [0.25, 0.3) is 5.56 Å². The Labute approximate surface area is 134 Å². The predicted molar refractivity (Wildman–Crippen MR) is 87.4 cm³/mol. The number of aromatic nitrogens is 3. The van der Waals surface area contributed by atoms with E-state index < -0.39 is 6.04 Å². The second-order valence-corrected chi connectivity index (χ2v) is 6.03. The number of likely N-dealkylation sites (N-methyl/N-ethyl adjacent to an activating group) is 1. The van der Waals surface area contributed by atoms with Crippen LogP contribution < -0.4 is 10.9 Å². The van der Waals surface area contributed by atoms with Gasteiger partial charge in [-0.1, -0.05) is 6.92 Å². The van der Waals surface area contributed by atoms with Gasteiger partial charge < -0.3 is 9.72 Å². The third-order valence-corrected chi connectivity index (χ3v) is 4.67. The van der Waals surface area contributed by atoms with Gasteiger partial charge in [0, 0.05) is 18.8 Å². The van der Waals surface area contributed by atoms with Crippen LogP contribution in [0.3, 0.4) is 0 Å². The lowest BCUT2D eigenvalue weighted by atomic mass is 10.2. The molecule has 0 aliphatic carbocycles. The summed E-state index contributed by atoms with van der Waals surface area (Å²) in [6.07, 6.45) is 5.60. The molecule has 1 aliphatic rings. The minimum absolute atomic E-state index is 0.168. The average molecular weight is 317 g/mol. The molecule has 2 atom stereocenters. The third kappa shape index (κ3) is 3.01. The molecule has 0 saturated carbocycles. The van der Waals surface area contributed by atoms with Crippen molar-refractivity contribution in [2.75, 3.05) is 19.6 Å². The van der Waals surface area contributed by atoms with Crippen LogP contribution in [0.5, 0.6) is 0 Å². The largest absolute Gasteiger partial charge is 0.353 e. The Bertz CT molecular complexity index is 750. The zero-order chi connectivity index (χ0) is 16.4. The van der Waals surface area contributed by atoms with E-state index in [0.717, 1.165) is 19.5 Å². The Morgan fingerprint density at radius 3 is 3.13 bits per heavy atom. The fraction of sp³-hybridized carbons (Fsp3) is 0.562. The first kappa shape index (κ1) is 15.7. The van der Waals surface area contributed by atoms with Crippen LogP contribution >= 0.6 is 0 Å². The molecule has 2 aromatic heterocycles. The summed E-state index contributed by atoms with van der Waals surface area (Å²) in [5, 5.41) is 7.08. The van der Waals surface area contributed by atoms with Crippen LogP contribution in [-0.4, -0.2) is 50.7 Å². The molecule has 7 heteroatoms. The zero-order valence-electron chi connectivity index (χ0n) is 13.6. The number of rotatable bonds is 5. The van der Waals surface area contributed by atoms with Gasteiger partial charge in [-0.15, -0.1) is 0 Å². The lowest BCUT2D eigenvalue weighted by molar-refractivity contribution is -0.124. The first-order valence-electron chi connectivity index (χ1n) is 8.18. The van der Waals surface area contributed by atoms with E-state index in [1.54, 1.807) is 36.0 Å². The van der Waals surface area contributed by atoms with Crippen molar-refractivity contribution in [1.29, 1.82) is 0 Å². The van der Waals surface area contributed by atoms with Gasteiger partial charge in [-0.3, -0.25) is 14.5 Å². The van der Waals surface area contributed by atoms with E-state index >= 15 is 0 Å². The Morgan fingerprint density at radius 1 is 1.52 bits per heavy atom. The fourth-order valence-corrected chi connectivity index (χ4v) is 3.25. The van der Waals surface area contributed by atoms with Crippen molar-refractivity contribution in [3.8, 4) is 0 Å². The van der Waals surface area contributed by atoms with E-state index in [2.05, 4.69) is 22.2 Å². The number of fused-ring (bicyclic) bond motifs is 1.